The van der Waals surface area contributed by atoms with Gasteiger partial charge in [-0.05, 0) is 70.0 Å². The van der Waals surface area contributed by atoms with Crippen LogP contribution in [0.15, 0.2) is 133 Å². The number of pyridine rings is 1. The molecule has 46 heavy (non-hydrogen) atoms. The van der Waals surface area contributed by atoms with Crippen molar-refractivity contribution in [3.8, 4) is 22.3 Å². The average Bonchev–Trinajstić information content (AvgIpc) is 3.10. The standard InChI is InChI=1S/C39H39N3O3S/c43-39(41-37-11-5-2-6-12-37)26-30-13-17-34(18-14-30)35-19-15-31(16-20-35)28-42(29-32-8-7-25-40-27-32)46(44,45)38-23-21-36(22-24-38)33-9-3-1-4-10-33/h1,3-4,7-10,13-25,27,37H,2,5-6,11-12,26,28-29H2,(H,41,43). The number of rotatable bonds is 11. The van der Waals surface area contributed by atoms with E-state index in [2.05, 4.69) is 10.3 Å². The second-order valence-corrected chi connectivity index (χ2v) is 13.9. The molecule has 1 saturated carbocycles. The van der Waals surface area contributed by atoms with Crippen molar-refractivity contribution >= 4 is 15.9 Å². The Morgan fingerprint density at radius 1 is 0.652 bits per heavy atom. The van der Waals surface area contributed by atoms with Crippen molar-refractivity contribution in [2.24, 2.45) is 0 Å². The zero-order valence-corrected chi connectivity index (χ0v) is 26.7. The molecule has 7 heteroatoms. The van der Waals surface area contributed by atoms with Crippen molar-refractivity contribution in [3.63, 3.8) is 0 Å². The fourth-order valence-electron chi connectivity index (χ4n) is 6.05. The smallest absolute Gasteiger partial charge is 0.243 e. The molecule has 234 valence electrons. The summed E-state index contributed by atoms with van der Waals surface area (Å²) in [7, 11) is -3.81. The van der Waals surface area contributed by atoms with E-state index in [1.54, 1.807) is 24.5 Å². The van der Waals surface area contributed by atoms with Crippen LogP contribution in [0.4, 0.5) is 0 Å². The van der Waals surface area contributed by atoms with E-state index in [4.69, 9.17) is 0 Å². The van der Waals surface area contributed by atoms with Crippen LogP contribution in [0.2, 0.25) is 0 Å². The highest BCUT2D eigenvalue weighted by atomic mass is 32.2. The summed E-state index contributed by atoms with van der Waals surface area (Å²) in [6.07, 6.45) is 9.58. The van der Waals surface area contributed by atoms with Gasteiger partial charge in [0.2, 0.25) is 15.9 Å². The number of carbonyl (C=O) groups excluding carboxylic acids is 1. The number of benzene rings is 4. The zero-order chi connectivity index (χ0) is 31.8. The summed E-state index contributed by atoms with van der Waals surface area (Å²) in [6, 6.07) is 37.1. The van der Waals surface area contributed by atoms with Gasteiger partial charge in [0, 0.05) is 31.5 Å². The van der Waals surface area contributed by atoms with Crippen LogP contribution in [0.1, 0.15) is 48.8 Å². The van der Waals surface area contributed by atoms with Gasteiger partial charge in [0.25, 0.3) is 0 Å². The minimum Gasteiger partial charge on any atom is -0.353 e. The van der Waals surface area contributed by atoms with Gasteiger partial charge < -0.3 is 5.32 Å². The van der Waals surface area contributed by atoms with Crippen LogP contribution in [0.5, 0.6) is 0 Å². The van der Waals surface area contributed by atoms with Crippen molar-refractivity contribution in [1.82, 2.24) is 14.6 Å². The molecule has 6 nitrogen and oxygen atoms in total. The first kappa shape index (κ1) is 31.4. The van der Waals surface area contributed by atoms with Crippen molar-refractivity contribution in [3.05, 3.63) is 144 Å². The molecule has 0 bridgehead atoms. The molecule has 1 aliphatic carbocycles. The van der Waals surface area contributed by atoms with E-state index in [1.165, 1.54) is 23.6 Å². The highest BCUT2D eigenvalue weighted by molar-refractivity contribution is 7.89. The number of carbonyl (C=O) groups is 1. The summed E-state index contributed by atoms with van der Waals surface area (Å²) < 4.78 is 29.5. The van der Waals surface area contributed by atoms with Crippen molar-refractivity contribution in [2.75, 3.05) is 0 Å². The third-order valence-corrected chi connectivity index (χ3v) is 10.4. The molecule has 1 aliphatic rings. The second-order valence-electron chi connectivity index (χ2n) is 12.0. The lowest BCUT2D eigenvalue weighted by Crippen LogP contribution is -2.37. The zero-order valence-electron chi connectivity index (χ0n) is 25.9. The highest BCUT2D eigenvalue weighted by Gasteiger charge is 2.25. The Morgan fingerprint density at radius 2 is 1.22 bits per heavy atom. The second kappa shape index (κ2) is 14.7. The predicted molar refractivity (Wildman–Crippen MR) is 183 cm³/mol. The van der Waals surface area contributed by atoms with E-state index < -0.39 is 10.0 Å². The number of amides is 1. The monoisotopic (exact) mass is 629 g/mol. The summed E-state index contributed by atoms with van der Waals surface area (Å²) in [6.45, 7) is 0.418. The molecule has 1 aromatic heterocycles. The number of nitrogens with zero attached hydrogens (tertiary/aromatic N) is 2. The van der Waals surface area contributed by atoms with Gasteiger partial charge in [0.1, 0.15) is 0 Å². The van der Waals surface area contributed by atoms with Crippen LogP contribution in [0, 0.1) is 0 Å². The molecule has 1 fully saturated rings. The summed E-state index contributed by atoms with van der Waals surface area (Å²) in [4.78, 5) is 17.0. The molecule has 0 aliphatic heterocycles. The third kappa shape index (κ3) is 7.97. The normalized spacial score (nSPS) is 13.8. The Hall–Kier alpha value is -4.59. The first-order valence-corrected chi connectivity index (χ1v) is 17.4. The van der Waals surface area contributed by atoms with Crippen LogP contribution in [-0.2, 0) is 34.3 Å². The molecule has 6 rings (SSSR count). The van der Waals surface area contributed by atoms with Crippen molar-refractivity contribution < 1.29 is 13.2 Å². The minimum absolute atomic E-state index is 0.0851. The molecule has 5 aromatic rings. The molecule has 0 radical (unpaired) electrons. The summed E-state index contributed by atoms with van der Waals surface area (Å²) in [5.41, 5.74) is 6.76. The topological polar surface area (TPSA) is 79.4 Å². The van der Waals surface area contributed by atoms with E-state index >= 15 is 0 Å². The number of aromatic nitrogens is 1. The Morgan fingerprint density at radius 3 is 1.83 bits per heavy atom. The van der Waals surface area contributed by atoms with Gasteiger partial charge in [-0.25, -0.2) is 8.42 Å². The number of hydrogen-bond acceptors (Lipinski definition) is 4. The van der Waals surface area contributed by atoms with Crippen LogP contribution in [0.25, 0.3) is 22.3 Å². The summed E-state index contributed by atoms with van der Waals surface area (Å²) in [5.74, 6) is 0.0851. The molecule has 0 saturated heterocycles. The third-order valence-electron chi connectivity index (χ3n) is 8.62. The molecule has 1 N–H and O–H groups in total. The Balaban J connectivity index is 1.15. The van der Waals surface area contributed by atoms with Crippen LogP contribution in [-0.4, -0.2) is 29.7 Å². The van der Waals surface area contributed by atoms with Crippen LogP contribution in [0.3, 0.4) is 0 Å². The Kier molecular flexibility index (Phi) is 10.0. The fraction of sp³-hybridized carbons (Fsp3) is 0.231. The number of nitrogens with one attached hydrogen (secondary N) is 1. The number of sulfonamides is 1. The predicted octanol–water partition coefficient (Wildman–Crippen LogP) is 7.80. The first-order valence-electron chi connectivity index (χ1n) is 16.0. The van der Waals surface area contributed by atoms with Gasteiger partial charge in [-0.2, -0.15) is 4.31 Å². The summed E-state index contributed by atoms with van der Waals surface area (Å²) in [5, 5.41) is 3.19. The van der Waals surface area contributed by atoms with Gasteiger partial charge in [-0.3, -0.25) is 9.78 Å². The maximum atomic E-state index is 14.0. The van der Waals surface area contributed by atoms with E-state index in [0.717, 1.165) is 51.8 Å². The van der Waals surface area contributed by atoms with E-state index in [1.807, 2.05) is 103 Å². The molecule has 1 amide bonds. The van der Waals surface area contributed by atoms with Gasteiger partial charge in [0.05, 0.1) is 11.3 Å². The Labute approximate surface area is 272 Å². The summed E-state index contributed by atoms with van der Waals surface area (Å²) >= 11 is 0. The van der Waals surface area contributed by atoms with Gasteiger partial charge >= 0.3 is 0 Å². The fourth-order valence-corrected chi connectivity index (χ4v) is 7.47. The lowest BCUT2D eigenvalue weighted by atomic mass is 9.95. The van der Waals surface area contributed by atoms with Crippen LogP contribution >= 0.6 is 0 Å². The van der Waals surface area contributed by atoms with E-state index in [0.29, 0.717) is 12.5 Å². The highest BCUT2D eigenvalue weighted by Crippen LogP contribution is 2.27. The molecule has 0 unspecified atom stereocenters. The maximum Gasteiger partial charge on any atom is 0.243 e. The molecular weight excluding hydrogens is 591 g/mol. The molecular formula is C39H39N3O3S. The lowest BCUT2D eigenvalue weighted by Gasteiger charge is -2.23. The Bertz CT molecular complexity index is 1820. The maximum absolute atomic E-state index is 14.0. The largest absolute Gasteiger partial charge is 0.353 e. The molecule has 4 aromatic carbocycles. The average molecular weight is 630 g/mol. The minimum atomic E-state index is -3.81. The SMILES string of the molecule is O=C(Cc1ccc(-c2ccc(CN(Cc3cccnc3)S(=O)(=O)c3ccc(-c4ccccc4)cc3)cc2)cc1)NC1CCCCC1. The van der Waals surface area contributed by atoms with Gasteiger partial charge in [-0.1, -0.05) is 116 Å². The number of hydrogen-bond donors (Lipinski definition) is 1. The van der Waals surface area contributed by atoms with Crippen molar-refractivity contribution in [1.29, 1.82) is 0 Å². The van der Waals surface area contributed by atoms with Crippen LogP contribution < -0.4 is 5.32 Å². The molecule has 0 spiro atoms. The quantitative estimate of drug-likeness (QED) is 0.162. The molecule has 1 heterocycles. The molecule has 0 atom stereocenters. The van der Waals surface area contributed by atoms with E-state index in [-0.39, 0.29) is 23.9 Å². The van der Waals surface area contributed by atoms with Gasteiger partial charge in [0.15, 0.2) is 0 Å². The van der Waals surface area contributed by atoms with E-state index in [9.17, 15) is 13.2 Å². The van der Waals surface area contributed by atoms with Crippen molar-refractivity contribution in [2.45, 2.75) is 62.6 Å². The first-order chi connectivity index (χ1) is 22.4. The van der Waals surface area contributed by atoms with Gasteiger partial charge in [-0.15, -0.1) is 0 Å². The lowest BCUT2D eigenvalue weighted by molar-refractivity contribution is -0.121.